The summed E-state index contributed by atoms with van der Waals surface area (Å²) in [5.74, 6) is -0.476. The molecular formula is C20H18F4N4O. The van der Waals surface area contributed by atoms with Gasteiger partial charge in [0.2, 0.25) is 0 Å². The standard InChI is InChI=1S/C20H18F4N4O/c1-13(15-6-3-4-7-16(15)21)27(2)19(29)26-17-12-14(20(22,23)24)8-9-18(17)28-11-5-10-25-28/h3-13H,1-2H3,(H,26,29). The monoisotopic (exact) mass is 406 g/mol. The first-order valence-electron chi connectivity index (χ1n) is 8.68. The molecule has 1 aromatic heterocycles. The lowest BCUT2D eigenvalue weighted by Crippen LogP contribution is -2.34. The van der Waals surface area contributed by atoms with Gasteiger partial charge < -0.3 is 10.2 Å². The number of benzene rings is 2. The third kappa shape index (κ3) is 4.39. The summed E-state index contributed by atoms with van der Waals surface area (Å²) < 4.78 is 54.8. The minimum atomic E-state index is -4.57. The Morgan fingerprint density at radius 1 is 1.17 bits per heavy atom. The third-order valence-corrected chi connectivity index (χ3v) is 4.57. The van der Waals surface area contributed by atoms with Gasteiger partial charge in [-0.15, -0.1) is 0 Å². The van der Waals surface area contributed by atoms with E-state index in [1.807, 2.05) is 0 Å². The van der Waals surface area contributed by atoms with Crippen LogP contribution < -0.4 is 5.32 Å². The predicted octanol–water partition coefficient (Wildman–Crippen LogP) is 5.26. The lowest BCUT2D eigenvalue weighted by Gasteiger charge is -2.26. The summed E-state index contributed by atoms with van der Waals surface area (Å²) in [4.78, 5) is 13.9. The van der Waals surface area contributed by atoms with Crippen molar-refractivity contribution in [3.8, 4) is 5.69 Å². The number of rotatable bonds is 4. The van der Waals surface area contributed by atoms with Gasteiger partial charge >= 0.3 is 12.2 Å². The largest absolute Gasteiger partial charge is 0.416 e. The summed E-state index contributed by atoms with van der Waals surface area (Å²) in [6.45, 7) is 1.62. The zero-order valence-electron chi connectivity index (χ0n) is 15.6. The number of hydrogen-bond donors (Lipinski definition) is 1. The number of aromatic nitrogens is 2. The van der Waals surface area contributed by atoms with Gasteiger partial charge in [-0.1, -0.05) is 18.2 Å². The number of amides is 2. The molecule has 5 nitrogen and oxygen atoms in total. The van der Waals surface area contributed by atoms with Gasteiger partial charge in [-0.25, -0.2) is 13.9 Å². The number of hydrogen-bond acceptors (Lipinski definition) is 2. The maximum Gasteiger partial charge on any atom is 0.416 e. The van der Waals surface area contributed by atoms with Crippen LogP contribution in [0.2, 0.25) is 0 Å². The van der Waals surface area contributed by atoms with Crippen molar-refractivity contribution in [3.63, 3.8) is 0 Å². The van der Waals surface area contributed by atoms with E-state index in [4.69, 9.17) is 0 Å². The molecule has 0 bridgehead atoms. The number of carbonyl (C=O) groups excluding carboxylic acids is 1. The van der Waals surface area contributed by atoms with Crippen molar-refractivity contribution in [1.29, 1.82) is 0 Å². The number of urea groups is 1. The maximum absolute atomic E-state index is 14.0. The molecule has 2 aromatic carbocycles. The number of alkyl halides is 3. The highest BCUT2D eigenvalue weighted by atomic mass is 19.4. The number of halogens is 4. The fourth-order valence-corrected chi connectivity index (χ4v) is 2.83. The average molecular weight is 406 g/mol. The molecule has 9 heteroatoms. The van der Waals surface area contributed by atoms with Crippen molar-refractivity contribution < 1.29 is 22.4 Å². The van der Waals surface area contributed by atoms with Gasteiger partial charge in [0.25, 0.3) is 0 Å². The highest BCUT2D eigenvalue weighted by Gasteiger charge is 2.31. The smallest absolute Gasteiger partial charge is 0.321 e. The molecular weight excluding hydrogens is 388 g/mol. The first-order valence-corrected chi connectivity index (χ1v) is 8.68. The van der Waals surface area contributed by atoms with E-state index in [0.29, 0.717) is 5.56 Å². The Kier molecular flexibility index (Phi) is 5.58. The normalized spacial score (nSPS) is 12.5. The lowest BCUT2D eigenvalue weighted by molar-refractivity contribution is -0.137. The van der Waals surface area contributed by atoms with Crippen molar-refractivity contribution in [2.75, 3.05) is 12.4 Å². The van der Waals surface area contributed by atoms with Crippen LogP contribution in [0.25, 0.3) is 5.69 Å². The molecule has 152 valence electrons. The Balaban J connectivity index is 1.91. The summed E-state index contributed by atoms with van der Waals surface area (Å²) in [7, 11) is 1.44. The summed E-state index contributed by atoms with van der Waals surface area (Å²) in [6, 6.07) is 9.26. The second-order valence-electron chi connectivity index (χ2n) is 6.42. The van der Waals surface area contributed by atoms with Crippen LogP contribution >= 0.6 is 0 Å². The Labute approximate surface area is 164 Å². The van der Waals surface area contributed by atoms with Crippen LogP contribution in [-0.4, -0.2) is 27.8 Å². The van der Waals surface area contributed by atoms with Crippen molar-refractivity contribution in [1.82, 2.24) is 14.7 Å². The zero-order valence-corrected chi connectivity index (χ0v) is 15.6. The fourth-order valence-electron chi connectivity index (χ4n) is 2.83. The Morgan fingerprint density at radius 2 is 1.90 bits per heavy atom. The van der Waals surface area contributed by atoms with Gasteiger partial charge in [0, 0.05) is 25.0 Å². The van der Waals surface area contributed by atoms with Crippen molar-refractivity contribution in [3.05, 3.63) is 77.9 Å². The summed E-state index contributed by atoms with van der Waals surface area (Å²) >= 11 is 0. The van der Waals surface area contributed by atoms with E-state index in [1.165, 1.54) is 41.0 Å². The van der Waals surface area contributed by atoms with Gasteiger partial charge in [-0.05, 0) is 37.3 Å². The SMILES string of the molecule is CC(c1ccccc1F)N(C)C(=O)Nc1cc(C(F)(F)F)ccc1-n1cccn1. The minimum Gasteiger partial charge on any atom is -0.321 e. The highest BCUT2D eigenvalue weighted by Crippen LogP contribution is 2.33. The fraction of sp³-hybridized carbons (Fsp3) is 0.200. The number of nitrogens with zero attached hydrogens (tertiary/aromatic N) is 3. The second-order valence-corrected chi connectivity index (χ2v) is 6.42. The van der Waals surface area contributed by atoms with E-state index >= 15 is 0 Å². The molecule has 0 saturated heterocycles. The van der Waals surface area contributed by atoms with Crippen LogP contribution in [0.3, 0.4) is 0 Å². The Hall–Kier alpha value is -3.36. The Bertz CT molecular complexity index is 1000. The van der Waals surface area contributed by atoms with Gasteiger partial charge in [0.15, 0.2) is 0 Å². The molecule has 0 aliphatic carbocycles. The van der Waals surface area contributed by atoms with E-state index in [9.17, 15) is 22.4 Å². The van der Waals surface area contributed by atoms with Gasteiger partial charge in [-0.3, -0.25) is 0 Å². The molecule has 0 radical (unpaired) electrons. The minimum absolute atomic E-state index is 0.0684. The quantitative estimate of drug-likeness (QED) is 0.602. The molecule has 2 amide bonds. The molecule has 0 fully saturated rings. The molecule has 0 aliphatic heterocycles. The topological polar surface area (TPSA) is 50.2 Å². The van der Waals surface area contributed by atoms with Gasteiger partial charge in [-0.2, -0.15) is 18.3 Å². The number of anilines is 1. The molecule has 0 spiro atoms. The van der Waals surface area contributed by atoms with Crippen LogP contribution in [-0.2, 0) is 6.18 Å². The molecule has 3 aromatic rings. The van der Waals surface area contributed by atoms with Crippen molar-refractivity contribution in [2.24, 2.45) is 0 Å². The van der Waals surface area contributed by atoms with Crippen LogP contribution in [0.5, 0.6) is 0 Å². The number of nitrogens with one attached hydrogen (secondary N) is 1. The van der Waals surface area contributed by atoms with Crippen LogP contribution in [0.4, 0.5) is 28.0 Å². The van der Waals surface area contributed by atoms with Gasteiger partial charge in [0.05, 0.1) is 23.0 Å². The van der Waals surface area contributed by atoms with Gasteiger partial charge in [0.1, 0.15) is 5.82 Å². The summed E-state index contributed by atoms with van der Waals surface area (Å²) in [6.07, 6.45) is -1.56. The Morgan fingerprint density at radius 3 is 2.52 bits per heavy atom. The molecule has 1 N–H and O–H groups in total. The van der Waals surface area contributed by atoms with Crippen LogP contribution in [0.15, 0.2) is 60.9 Å². The first-order chi connectivity index (χ1) is 13.7. The van der Waals surface area contributed by atoms with Crippen molar-refractivity contribution in [2.45, 2.75) is 19.1 Å². The van der Waals surface area contributed by atoms with Crippen LogP contribution in [0, 0.1) is 5.82 Å². The van der Waals surface area contributed by atoms with E-state index in [1.54, 1.807) is 31.3 Å². The zero-order chi connectivity index (χ0) is 21.2. The maximum atomic E-state index is 14.0. The number of carbonyl (C=O) groups is 1. The molecule has 1 atom stereocenters. The highest BCUT2D eigenvalue weighted by molar-refractivity contribution is 5.92. The molecule has 29 heavy (non-hydrogen) atoms. The first kappa shape index (κ1) is 20.4. The molecule has 0 saturated carbocycles. The van der Waals surface area contributed by atoms with Crippen molar-refractivity contribution >= 4 is 11.7 Å². The molecule has 3 rings (SSSR count). The molecule has 1 unspecified atom stereocenters. The lowest BCUT2D eigenvalue weighted by atomic mass is 10.1. The summed E-state index contributed by atoms with van der Waals surface area (Å²) in [5.41, 5.74) is -0.417. The third-order valence-electron chi connectivity index (χ3n) is 4.57. The molecule has 0 aliphatic rings. The predicted molar refractivity (Wildman–Crippen MR) is 100 cm³/mol. The van der Waals surface area contributed by atoms with Crippen LogP contribution in [0.1, 0.15) is 24.1 Å². The average Bonchev–Trinajstić information content (AvgIpc) is 3.21. The second kappa shape index (κ2) is 7.94. The van der Waals surface area contributed by atoms with E-state index < -0.39 is 29.6 Å². The van der Waals surface area contributed by atoms with E-state index in [0.717, 1.165) is 12.1 Å². The van der Waals surface area contributed by atoms with E-state index in [2.05, 4.69) is 10.4 Å². The molecule has 1 heterocycles. The summed E-state index contributed by atoms with van der Waals surface area (Å²) in [5, 5.41) is 6.49. The van der Waals surface area contributed by atoms with E-state index in [-0.39, 0.29) is 11.4 Å².